The number of hydrogen-bond acceptors (Lipinski definition) is 7. The highest BCUT2D eigenvalue weighted by atomic mass is 16.5. The first kappa shape index (κ1) is 31.3. The standard InChI is InChI=1S/C29H44N4O7/c1-8-10-21(35)40-15-20(31-27(39)32-28(3,4)5)26(38)33-14-18-22(29(18,6)7)23(33)25(37)30-19(24(36)16(2)34)13-17-11-9-12-17/h8,10,17-20,22-23H,9,11-15H2,1-7H3,(H,30,37)(H2,31,32,39)/b10-8+/t18?,19?,20-,22?,23-/m0/s1. The van der Waals surface area contributed by atoms with E-state index in [9.17, 15) is 28.8 Å². The minimum Gasteiger partial charge on any atom is -0.460 e. The largest absolute Gasteiger partial charge is 0.460 e. The highest BCUT2D eigenvalue weighted by Gasteiger charge is 2.69. The van der Waals surface area contributed by atoms with Gasteiger partial charge in [-0.15, -0.1) is 0 Å². The first-order valence-corrected chi connectivity index (χ1v) is 14.1. The van der Waals surface area contributed by atoms with Gasteiger partial charge in [-0.3, -0.25) is 19.2 Å². The third kappa shape index (κ3) is 7.28. The van der Waals surface area contributed by atoms with Crippen molar-refractivity contribution in [3.63, 3.8) is 0 Å². The molecule has 5 atom stereocenters. The van der Waals surface area contributed by atoms with E-state index in [0.29, 0.717) is 6.42 Å². The second-order valence-electron chi connectivity index (χ2n) is 12.9. The van der Waals surface area contributed by atoms with Crippen LogP contribution in [0.4, 0.5) is 4.79 Å². The van der Waals surface area contributed by atoms with Crippen molar-refractivity contribution in [1.82, 2.24) is 20.9 Å². The van der Waals surface area contributed by atoms with Crippen LogP contribution in [-0.2, 0) is 28.7 Å². The maximum Gasteiger partial charge on any atom is 0.330 e. The maximum atomic E-state index is 13.8. The number of likely N-dealkylation sites (tertiary alicyclic amines) is 1. The second-order valence-corrected chi connectivity index (χ2v) is 12.9. The van der Waals surface area contributed by atoms with E-state index in [1.165, 1.54) is 24.0 Å². The zero-order valence-electron chi connectivity index (χ0n) is 24.7. The van der Waals surface area contributed by atoms with Crippen molar-refractivity contribution in [3.8, 4) is 0 Å². The maximum absolute atomic E-state index is 13.8. The molecule has 3 unspecified atom stereocenters. The van der Waals surface area contributed by atoms with Crippen LogP contribution in [0.25, 0.3) is 0 Å². The lowest BCUT2D eigenvalue weighted by atomic mass is 9.80. The zero-order chi connectivity index (χ0) is 30.0. The fourth-order valence-corrected chi connectivity index (χ4v) is 5.87. The van der Waals surface area contributed by atoms with Crippen LogP contribution in [0, 0.1) is 23.2 Å². The monoisotopic (exact) mass is 560 g/mol. The van der Waals surface area contributed by atoms with Gasteiger partial charge in [0.05, 0.1) is 6.04 Å². The van der Waals surface area contributed by atoms with Crippen LogP contribution >= 0.6 is 0 Å². The number of Topliss-reactive ketones (excluding diaryl/α,β-unsaturated/α-hetero) is 2. The van der Waals surface area contributed by atoms with Crippen LogP contribution in [0.1, 0.15) is 74.1 Å². The number of nitrogens with zero attached hydrogens (tertiary/aromatic N) is 1. The van der Waals surface area contributed by atoms with Crippen LogP contribution in [0.5, 0.6) is 0 Å². The Morgan fingerprint density at radius 2 is 1.70 bits per heavy atom. The number of nitrogens with one attached hydrogen (secondary N) is 3. The fourth-order valence-electron chi connectivity index (χ4n) is 5.87. The number of rotatable bonds is 11. The lowest BCUT2D eigenvalue weighted by Gasteiger charge is -2.35. The highest BCUT2D eigenvalue weighted by molar-refractivity contribution is 6.38. The van der Waals surface area contributed by atoms with E-state index in [1.54, 1.807) is 27.7 Å². The Bertz CT molecular complexity index is 1070. The molecule has 3 aliphatic rings. The Morgan fingerprint density at radius 1 is 1.05 bits per heavy atom. The number of urea groups is 1. The van der Waals surface area contributed by atoms with Gasteiger partial charge >= 0.3 is 12.0 Å². The number of fused-ring (bicyclic) bond motifs is 1. The molecule has 4 amide bonds. The number of carbonyl (C=O) groups is 6. The molecule has 11 nitrogen and oxygen atoms in total. The topological polar surface area (TPSA) is 151 Å². The summed E-state index contributed by atoms with van der Waals surface area (Å²) in [6, 6.07) is -3.69. The normalized spacial score (nSPS) is 24.8. The quantitative estimate of drug-likeness (QED) is 0.198. The number of carbonyl (C=O) groups excluding carboxylic acids is 6. The second kappa shape index (κ2) is 12.1. The molecule has 0 aromatic carbocycles. The third-order valence-corrected chi connectivity index (χ3v) is 8.32. The molecule has 3 fully saturated rings. The van der Waals surface area contributed by atoms with Gasteiger partial charge in [0.1, 0.15) is 18.7 Å². The molecule has 1 saturated heterocycles. The lowest BCUT2D eigenvalue weighted by Crippen LogP contribution is -2.60. The predicted molar refractivity (Wildman–Crippen MR) is 147 cm³/mol. The summed E-state index contributed by atoms with van der Waals surface area (Å²) in [7, 11) is 0. The van der Waals surface area contributed by atoms with E-state index < -0.39 is 65.7 Å². The van der Waals surface area contributed by atoms with Crippen molar-refractivity contribution in [1.29, 1.82) is 0 Å². The van der Waals surface area contributed by atoms with Crippen molar-refractivity contribution >= 4 is 35.4 Å². The van der Waals surface area contributed by atoms with Crippen LogP contribution in [0.15, 0.2) is 12.2 Å². The van der Waals surface area contributed by atoms with Gasteiger partial charge in [-0.25, -0.2) is 9.59 Å². The van der Waals surface area contributed by atoms with Crippen molar-refractivity contribution in [2.75, 3.05) is 13.2 Å². The Balaban J connectivity index is 1.82. The fraction of sp³-hybridized carbons (Fsp3) is 0.724. The van der Waals surface area contributed by atoms with E-state index in [1.807, 2.05) is 13.8 Å². The molecular formula is C29H44N4O7. The zero-order valence-corrected chi connectivity index (χ0v) is 24.7. The average Bonchev–Trinajstić information content (AvgIpc) is 3.14. The lowest BCUT2D eigenvalue weighted by molar-refractivity contribution is -0.147. The molecule has 3 rings (SSSR count). The van der Waals surface area contributed by atoms with Crippen LogP contribution in [-0.4, -0.2) is 77.1 Å². The van der Waals surface area contributed by atoms with Gasteiger partial charge in [0.25, 0.3) is 0 Å². The molecule has 2 saturated carbocycles. The van der Waals surface area contributed by atoms with Gasteiger partial charge in [-0.1, -0.05) is 39.2 Å². The Hall–Kier alpha value is -3.24. The number of esters is 1. The van der Waals surface area contributed by atoms with Gasteiger partial charge in [-0.2, -0.15) is 0 Å². The van der Waals surface area contributed by atoms with Crippen LogP contribution in [0.2, 0.25) is 0 Å². The summed E-state index contributed by atoms with van der Waals surface area (Å²) < 4.78 is 5.22. The Kier molecular flexibility index (Phi) is 9.46. The molecule has 0 bridgehead atoms. The average molecular weight is 561 g/mol. The number of amides is 4. The van der Waals surface area contributed by atoms with Crippen LogP contribution in [0.3, 0.4) is 0 Å². The molecule has 0 spiro atoms. The predicted octanol–water partition coefficient (Wildman–Crippen LogP) is 1.89. The van der Waals surface area contributed by atoms with E-state index in [-0.39, 0.29) is 29.7 Å². The highest BCUT2D eigenvalue weighted by Crippen LogP contribution is 2.64. The minimum absolute atomic E-state index is 0.0513. The van der Waals surface area contributed by atoms with Gasteiger partial charge in [-0.05, 0) is 57.3 Å². The first-order valence-electron chi connectivity index (χ1n) is 14.1. The molecule has 40 heavy (non-hydrogen) atoms. The molecule has 0 aromatic heterocycles. The Labute approximate surface area is 236 Å². The number of allylic oxidation sites excluding steroid dienone is 1. The number of hydrogen-bond donors (Lipinski definition) is 3. The summed E-state index contributed by atoms with van der Waals surface area (Å²) in [5, 5.41) is 8.13. The molecule has 1 aliphatic heterocycles. The minimum atomic E-state index is -1.24. The first-order chi connectivity index (χ1) is 18.6. The van der Waals surface area contributed by atoms with Crippen molar-refractivity contribution < 1.29 is 33.5 Å². The van der Waals surface area contributed by atoms with E-state index in [4.69, 9.17) is 4.74 Å². The summed E-state index contributed by atoms with van der Waals surface area (Å²) >= 11 is 0. The third-order valence-electron chi connectivity index (χ3n) is 8.32. The molecule has 0 radical (unpaired) electrons. The number of ketones is 2. The van der Waals surface area contributed by atoms with Crippen molar-refractivity contribution in [2.24, 2.45) is 23.2 Å². The molecule has 11 heteroatoms. The summed E-state index contributed by atoms with van der Waals surface area (Å²) in [6.45, 7) is 12.1. The summed E-state index contributed by atoms with van der Waals surface area (Å²) in [6.07, 6.45) is 6.03. The summed E-state index contributed by atoms with van der Waals surface area (Å²) in [4.78, 5) is 78.3. The van der Waals surface area contributed by atoms with E-state index >= 15 is 0 Å². The molecule has 222 valence electrons. The molecule has 3 N–H and O–H groups in total. The van der Waals surface area contributed by atoms with Gasteiger partial charge in [0.2, 0.25) is 17.6 Å². The number of ether oxygens (including phenoxy) is 1. The van der Waals surface area contributed by atoms with Gasteiger partial charge < -0.3 is 25.6 Å². The van der Waals surface area contributed by atoms with Gasteiger partial charge in [0, 0.05) is 25.1 Å². The smallest absolute Gasteiger partial charge is 0.330 e. The summed E-state index contributed by atoms with van der Waals surface area (Å²) in [5.41, 5.74) is -0.780. The molecule has 2 aliphatic carbocycles. The molecular weight excluding hydrogens is 516 g/mol. The number of piperidine rings is 1. The van der Waals surface area contributed by atoms with E-state index in [2.05, 4.69) is 16.0 Å². The Morgan fingerprint density at radius 3 is 2.23 bits per heavy atom. The van der Waals surface area contributed by atoms with Crippen LogP contribution < -0.4 is 16.0 Å². The van der Waals surface area contributed by atoms with Crippen molar-refractivity contribution in [2.45, 2.75) is 97.8 Å². The SMILES string of the molecule is C/C=C/C(=O)OC[C@H](NC(=O)NC(C)(C)C)C(=O)N1CC2C([C@H]1C(=O)NC(CC1CCC1)C(=O)C(C)=O)C2(C)C. The molecule has 1 heterocycles. The van der Waals surface area contributed by atoms with E-state index in [0.717, 1.165) is 19.3 Å². The van der Waals surface area contributed by atoms with Crippen molar-refractivity contribution in [3.05, 3.63) is 12.2 Å². The molecule has 0 aromatic rings. The van der Waals surface area contributed by atoms with Gasteiger partial charge in [0.15, 0.2) is 5.78 Å². The summed E-state index contributed by atoms with van der Waals surface area (Å²) in [5.74, 6) is -2.81.